The topological polar surface area (TPSA) is 37.3 Å². The number of hydrogen-bond donors (Lipinski definition) is 2. The summed E-state index contributed by atoms with van der Waals surface area (Å²) in [6.45, 7) is 1.86. The van der Waals surface area contributed by atoms with E-state index >= 15 is 0 Å². The van der Waals surface area contributed by atoms with Crippen molar-refractivity contribution in [2.45, 2.75) is 23.5 Å². The van der Waals surface area contributed by atoms with Crippen molar-refractivity contribution in [3.05, 3.63) is 17.0 Å². The van der Waals surface area contributed by atoms with Crippen LogP contribution in [0, 0.1) is 0 Å². The average molecular weight is 202 g/mol. The van der Waals surface area contributed by atoms with Crippen LogP contribution in [0.15, 0.2) is 15.7 Å². The molecule has 12 heavy (non-hydrogen) atoms. The van der Waals surface area contributed by atoms with Gasteiger partial charge in [0.1, 0.15) is 0 Å². The van der Waals surface area contributed by atoms with Gasteiger partial charge in [-0.1, -0.05) is 6.92 Å². The molecule has 0 spiro atoms. The third-order valence-corrected chi connectivity index (χ3v) is 3.06. The number of carboxylic acid groups (broad SMARTS) is 1. The van der Waals surface area contributed by atoms with Crippen LogP contribution in [0.5, 0.6) is 0 Å². The predicted molar refractivity (Wildman–Crippen MR) is 52.2 cm³/mol. The summed E-state index contributed by atoms with van der Waals surface area (Å²) >= 11 is 5.66. The Morgan fingerprint density at radius 1 is 1.83 bits per heavy atom. The van der Waals surface area contributed by atoms with E-state index < -0.39 is 11.9 Å². The van der Waals surface area contributed by atoms with E-state index in [2.05, 4.69) is 12.6 Å². The van der Waals surface area contributed by atoms with Gasteiger partial charge in [-0.3, -0.25) is 4.79 Å². The van der Waals surface area contributed by atoms with Crippen molar-refractivity contribution in [1.29, 1.82) is 0 Å². The monoisotopic (exact) mass is 202 g/mol. The van der Waals surface area contributed by atoms with E-state index in [-0.39, 0.29) is 0 Å². The first-order chi connectivity index (χ1) is 5.66. The summed E-state index contributed by atoms with van der Waals surface area (Å²) in [7, 11) is 0. The van der Waals surface area contributed by atoms with Crippen molar-refractivity contribution >= 4 is 29.9 Å². The van der Waals surface area contributed by atoms with Crippen molar-refractivity contribution < 1.29 is 9.90 Å². The van der Waals surface area contributed by atoms with Gasteiger partial charge >= 0.3 is 5.97 Å². The highest BCUT2D eigenvalue weighted by molar-refractivity contribution is 7.82. The van der Waals surface area contributed by atoms with Crippen molar-refractivity contribution in [2.24, 2.45) is 0 Å². The first kappa shape index (κ1) is 9.61. The van der Waals surface area contributed by atoms with Crippen LogP contribution in [0.4, 0.5) is 0 Å². The third kappa shape index (κ3) is 1.81. The van der Waals surface area contributed by atoms with Gasteiger partial charge in [0.2, 0.25) is 0 Å². The van der Waals surface area contributed by atoms with Gasteiger partial charge in [0.05, 0.1) is 10.1 Å². The highest BCUT2D eigenvalue weighted by Crippen LogP contribution is 2.30. The molecule has 0 aliphatic heterocycles. The van der Waals surface area contributed by atoms with Crippen LogP contribution in [0.25, 0.3) is 0 Å². The molecular weight excluding hydrogens is 192 g/mol. The second-order valence-corrected chi connectivity index (χ2v) is 4.15. The largest absolute Gasteiger partial charge is 0.481 e. The molecule has 0 bridgehead atoms. The number of carbonyl (C=O) groups is 1. The first-order valence-corrected chi connectivity index (χ1v) is 4.98. The average Bonchev–Trinajstić information content (AvgIpc) is 2.38. The molecule has 1 rings (SSSR count). The Balaban J connectivity index is 2.94. The summed E-state index contributed by atoms with van der Waals surface area (Å²) in [6.07, 6.45) is 0.611. The lowest BCUT2D eigenvalue weighted by Crippen LogP contribution is -2.09. The molecule has 1 heterocycles. The molecule has 1 aromatic rings. The Kier molecular flexibility index (Phi) is 3.17. The summed E-state index contributed by atoms with van der Waals surface area (Å²) in [5.74, 6) is -1.17. The quantitative estimate of drug-likeness (QED) is 0.739. The molecule has 0 saturated carbocycles. The maximum Gasteiger partial charge on any atom is 0.311 e. The number of hydrogen-bond acceptors (Lipinski definition) is 3. The number of thiophene rings is 1. The van der Waals surface area contributed by atoms with Crippen LogP contribution in [-0.4, -0.2) is 11.1 Å². The molecule has 0 saturated heterocycles. The maximum atomic E-state index is 10.8. The zero-order chi connectivity index (χ0) is 9.14. The lowest BCUT2D eigenvalue weighted by Gasteiger charge is -2.07. The summed E-state index contributed by atoms with van der Waals surface area (Å²) in [4.78, 5) is 10.8. The lowest BCUT2D eigenvalue weighted by molar-refractivity contribution is -0.138. The van der Waals surface area contributed by atoms with Gasteiger partial charge in [0, 0.05) is 0 Å². The number of carboxylic acids is 1. The van der Waals surface area contributed by atoms with E-state index in [1.165, 1.54) is 11.3 Å². The Labute approximate surface area is 80.6 Å². The number of aliphatic carboxylic acids is 1. The summed E-state index contributed by atoms with van der Waals surface area (Å²) in [5, 5.41) is 10.7. The van der Waals surface area contributed by atoms with Crippen LogP contribution in [0.1, 0.15) is 24.8 Å². The number of thiol groups is 1. The van der Waals surface area contributed by atoms with E-state index in [4.69, 9.17) is 5.11 Å². The van der Waals surface area contributed by atoms with Crippen LogP contribution >= 0.6 is 24.0 Å². The molecule has 0 unspecified atom stereocenters. The van der Waals surface area contributed by atoms with Crippen LogP contribution in [-0.2, 0) is 4.79 Å². The molecule has 0 aliphatic rings. The predicted octanol–water partition coefficient (Wildman–Crippen LogP) is 2.62. The molecular formula is C8H10O2S2. The van der Waals surface area contributed by atoms with Gasteiger partial charge in [-0.2, -0.15) is 0 Å². The minimum absolute atomic E-state index is 0.399. The van der Waals surface area contributed by atoms with E-state index in [0.717, 1.165) is 9.77 Å². The zero-order valence-corrected chi connectivity index (χ0v) is 8.36. The van der Waals surface area contributed by atoms with Crippen molar-refractivity contribution in [2.75, 3.05) is 0 Å². The van der Waals surface area contributed by atoms with Crippen molar-refractivity contribution in [1.82, 2.24) is 0 Å². The van der Waals surface area contributed by atoms with E-state index in [9.17, 15) is 4.79 Å². The van der Waals surface area contributed by atoms with Gasteiger partial charge in [0.15, 0.2) is 0 Å². The molecule has 0 amide bonds. The first-order valence-electron chi connectivity index (χ1n) is 3.66. The number of rotatable bonds is 3. The highest BCUT2D eigenvalue weighted by atomic mass is 32.2. The lowest BCUT2D eigenvalue weighted by atomic mass is 10.0. The van der Waals surface area contributed by atoms with Crippen LogP contribution in [0.2, 0.25) is 0 Å². The van der Waals surface area contributed by atoms with Crippen LogP contribution < -0.4 is 0 Å². The van der Waals surface area contributed by atoms with E-state index in [1.54, 1.807) is 0 Å². The van der Waals surface area contributed by atoms with E-state index in [0.29, 0.717) is 6.42 Å². The van der Waals surface area contributed by atoms with E-state index in [1.807, 2.05) is 18.4 Å². The van der Waals surface area contributed by atoms with Gasteiger partial charge in [0.25, 0.3) is 0 Å². The second-order valence-electron chi connectivity index (χ2n) is 2.48. The smallest absolute Gasteiger partial charge is 0.311 e. The van der Waals surface area contributed by atoms with Gasteiger partial charge in [-0.15, -0.1) is 24.0 Å². The molecule has 1 atom stereocenters. The maximum absolute atomic E-state index is 10.8. The molecule has 4 heteroatoms. The summed E-state index contributed by atoms with van der Waals surface area (Å²) in [5.41, 5.74) is 0.832. The Hall–Kier alpha value is -0.480. The fraction of sp³-hybridized carbons (Fsp3) is 0.375. The van der Waals surface area contributed by atoms with Gasteiger partial charge < -0.3 is 5.11 Å². The van der Waals surface area contributed by atoms with Crippen molar-refractivity contribution in [3.8, 4) is 0 Å². The molecule has 66 valence electrons. The molecule has 1 N–H and O–H groups in total. The minimum atomic E-state index is -0.772. The second kappa shape index (κ2) is 3.96. The SMILES string of the molecule is CC[C@H](C(=O)O)c1ccsc1S. The molecule has 0 fully saturated rings. The third-order valence-electron chi connectivity index (χ3n) is 1.76. The Morgan fingerprint density at radius 3 is 2.83 bits per heavy atom. The fourth-order valence-corrected chi connectivity index (χ4v) is 2.21. The highest BCUT2D eigenvalue weighted by Gasteiger charge is 2.19. The van der Waals surface area contributed by atoms with Gasteiger partial charge in [-0.25, -0.2) is 0 Å². The molecule has 2 nitrogen and oxygen atoms in total. The van der Waals surface area contributed by atoms with Crippen LogP contribution in [0.3, 0.4) is 0 Å². The zero-order valence-electron chi connectivity index (χ0n) is 6.65. The Morgan fingerprint density at radius 2 is 2.50 bits per heavy atom. The Bertz CT molecular complexity index is 280. The molecule has 0 radical (unpaired) electrons. The molecule has 1 aromatic heterocycles. The standard InChI is InChI=1S/C8H10O2S2/c1-2-5(7(9)10)6-3-4-12-8(6)11/h3-5,11H,2H2,1H3,(H,9,10)/t5-/m0/s1. The normalized spacial score (nSPS) is 12.8. The molecule has 0 aromatic carbocycles. The van der Waals surface area contributed by atoms with Gasteiger partial charge in [-0.05, 0) is 23.4 Å². The minimum Gasteiger partial charge on any atom is -0.481 e. The molecule has 0 aliphatic carbocycles. The fourth-order valence-electron chi connectivity index (χ4n) is 1.10. The summed E-state index contributed by atoms with van der Waals surface area (Å²) in [6, 6.07) is 1.83. The summed E-state index contributed by atoms with van der Waals surface area (Å²) < 4.78 is 0.809. The van der Waals surface area contributed by atoms with Crippen molar-refractivity contribution in [3.63, 3.8) is 0 Å².